The molecule has 0 radical (unpaired) electrons. The SMILES string of the molecule is CC(C)(C)OC(=O)N1CCC[C@@H](NC#N)C1. The molecule has 1 fully saturated rings. The van der Waals surface area contributed by atoms with Gasteiger partial charge in [-0.15, -0.1) is 0 Å². The van der Waals surface area contributed by atoms with Crippen LogP contribution in [0.4, 0.5) is 4.79 Å². The van der Waals surface area contributed by atoms with E-state index < -0.39 is 5.60 Å². The Morgan fingerprint density at radius 2 is 2.25 bits per heavy atom. The van der Waals surface area contributed by atoms with Gasteiger partial charge in [0.05, 0.1) is 6.04 Å². The van der Waals surface area contributed by atoms with Crippen molar-refractivity contribution in [1.29, 1.82) is 5.26 Å². The molecule has 1 amide bonds. The van der Waals surface area contributed by atoms with Crippen LogP contribution in [0.15, 0.2) is 0 Å². The van der Waals surface area contributed by atoms with Crippen molar-refractivity contribution in [2.24, 2.45) is 0 Å². The van der Waals surface area contributed by atoms with Crippen LogP contribution in [0.3, 0.4) is 0 Å². The van der Waals surface area contributed by atoms with E-state index in [0.29, 0.717) is 13.1 Å². The first-order chi connectivity index (χ1) is 7.42. The summed E-state index contributed by atoms with van der Waals surface area (Å²) in [4.78, 5) is 13.4. The van der Waals surface area contributed by atoms with Crippen molar-refractivity contribution in [1.82, 2.24) is 10.2 Å². The molecule has 1 aliphatic rings. The van der Waals surface area contributed by atoms with E-state index in [2.05, 4.69) is 5.32 Å². The summed E-state index contributed by atoms with van der Waals surface area (Å²) in [7, 11) is 0. The minimum absolute atomic E-state index is 0.0614. The van der Waals surface area contributed by atoms with Crippen molar-refractivity contribution < 1.29 is 9.53 Å². The largest absolute Gasteiger partial charge is 0.444 e. The predicted octanol–water partition coefficient (Wildman–Crippen LogP) is 1.46. The molecular formula is C11H19N3O2. The molecule has 0 saturated carbocycles. The number of piperidine rings is 1. The summed E-state index contributed by atoms with van der Waals surface area (Å²) >= 11 is 0. The lowest BCUT2D eigenvalue weighted by Crippen LogP contribution is -2.48. The van der Waals surface area contributed by atoms with E-state index in [9.17, 15) is 4.79 Å². The van der Waals surface area contributed by atoms with Gasteiger partial charge in [0.2, 0.25) is 0 Å². The first-order valence-corrected chi connectivity index (χ1v) is 5.55. The first-order valence-electron chi connectivity index (χ1n) is 5.55. The maximum absolute atomic E-state index is 11.8. The highest BCUT2D eigenvalue weighted by molar-refractivity contribution is 5.68. The Morgan fingerprint density at radius 3 is 2.81 bits per heavy atom. The van der Waals surface area contributed by atoms with Gasteiger partial charge in [-0.3, -0.25) is 0 Å². The number of carbonyl (C=O) groups is 1. The highest BCUT2D eigenvalue weighted by atomic mass is 16.6. The van der Waals surface area contributed by atoms with Gasteiger partial charge in [-0.2, -0.15) is 5.26 Å². The summed E-state index contributed by atoms with van der Waals surface area (Å²) in [6.45, 7) is 6.79. The third kappa shape index (κ3) is 3.97. The number of amides is 1. The molecule has 1 heterocycles. The van der Waals surface area contributed by atoms with Gasteiger partial charge in [-0.05, 0) is 33.6 Å². The van der Waals surface area contributed by atoms with Crippen LogP contribution in [0.25, 0.3) is 0 Å². The first kappa shape index (κ1) is 12.6. The average molecular weight is 225 g/mol. The second-order valence-electron chi connectivity index (χ2n) is 5.02. The zero-order chi connectivity index (χ0) is 12.2. The monoisotopic (exact) mass is 225 g/mol. The molecule has 0 spiro atoms. The fourth-order valence-electron chi connectivity index (χ4n) is 1.68. The van der Waals surface area contributed by atoms with E-state index in [0.717, 1.165) is 12.8 Å². The van der Waals surface area contributed by atoms with E-state index >= 15 is 0 Å². The second kappa shape index (κ2) is 5.06. The van der Waals surface area contributed by atoms with Gasteiger partial charge < -0.3 is 15.0 Å². The van der Waals surface area contributed by atoms with E-state index in [4.69, 9.17) is 10.00 Å². The minimum Gasteiger partial charge on any atom is -0.444 e. The van der Waals surface area contributed by atoms with Crippen LogP contribution in [0.2, 0.25) is 0 Å². The summed E-state index contributed by atoms with van der Waals surface area (Å²) in [6.07, 6.45) is 3.45. The van der Waals surface area contributed by atoms with Gasteiger partial charge >= 0.3 is 6.09 Å². The Balaban J connectivity index is 2.48. The summed E-state index contributed by atoms with van der Waals surface area (Å²) in [5.74, 6) is 0. The maximum atomic E-state index is 11.8. The van der Waals surface area contributed by atoms with Crippen molar-refractivity contribution >= 4 is 6.09 Å². The molecule has 0 aliphatic carbocycles. The molecule has 5 nitrogen and oxygen atoms in total. The van der Waals surface area contributed by atoms with Crippen molar-refractivity contribution in [2.75, 3.05) is 13.1 Å². The van der Waals surface area contributed by atoms with Gasteiger partial charge in [-0.25, -0.2) is 4.79 Å². The van der Waals surface area contributed by atoms with E-state index in [1.807, 2.05) is 27.0 Å². The molecule has 1 atom stereocenters. The summed E-state index contributed by atoms with van der Waals surface area (Å²) in [5, 5.41) is 11.2. The molecule has 0 aromatic rings. The zero-order valence-electron chi connectivity index (χ0n) is 10.1. The number of hydrogen-bond donors (Lipinski definition) is 1. The maximum Gasteiger partial charge on any atom is 0.410 e. The number of rotatable bonds is 1. The Labute approximate surface area is 96.4 Å². The quantitative estimate of drug-likeness (QED) is 0.542. The fourth-order valence-corrected chi connectivity index (χ4v) is 1.68. The van der Waals surface area contributed by atoms with E-state index in [-0.39, 0.29) is 12.1 Å². The van der Waals surface area contributed by atoms with E-state index in [1.54, 1.807) is 4.90 Å². The number of nitrogens with zero attached hydrogens (tertiary/aromatic N) is 2. The number of nitriles is 1. The number of hydrogen-bond acceptors (Lipinski definition) is 4. The number of carbonyl (C=O) groups excluding carboxylic acids is 1. The van der Waals surface area contributed by atoms with Crippen LogP contribution in [-0.4, -0.2) is 35.7 Å². The smallest absolute Gasteiger partial charge is 0.410 e. The van der Waals surface area contributed by atoms with Crippen LogP contribution < -0.4 is 5.32 Å². The zero-order valence-corrected chi connectivity index (χ0v) is 10.1. The average Bonchev–Trinajstić information content (AvgIpc) is 2.16. The highest BCUT2D eigenvalue weighted by Crippen LogP contribution is 2.15. The van der Waals surface area contributed by atoms with Crippen LogP contribution in [-0.2, 0) is 4.74 Å². The minimum atomic E-state index is -0.466. The van der Waals surface area contributed by atoms with E-state index in [1.165, 1.54) is 0 Å². The summed E-state index contributed by atoms with van der Waals surface area (Å²) in [6, 6.07) is 0.0614. The lowest BCUT2D eigenvalue weighted by atomic mass is 10.1. The number of likely N-dealkylation sites (tertiary alicyclic amines) is 1. The van der Waals surface area contributed by atoms with Crippen molar-refractivity contribution in [3.8, 4) is 6.19 Å². The molecular weight excluding hydrogens is 206 g/mol. The normalized spacial score (nSPS) is 21.1. The Hall–Kier alpha value is -1.44. The topological polar surface area (TPSA) is 65.4 Å². The number of nitrogens with one attached hydrogen (secondary N) is 1. The third-order valence-corrected chi connectivity index (χ3v) is 2.34. The van der Waals surface area contributed by atoms with Gasteiger partial charge in [0, 0.05) is 13.1 Å². The standard InChI is InChI=1S/C11H19N3O2/c1-11(2,3)16-10(15)14-6-4-5-9(7-14)13-8-12/h9,13H,4-7H2,1-3H3/t9-/m1/s1. The molecule has 0 aromatic carbocycles. The molecule has 5 heteroatoms. The Kier molecular flexibility index (Phi) is 3.99. The van der Waals surface area contributed by atoms with Gasteiger partial charge in [-0.1, -0.05) is 0 Å². The summed E-state index contributed by atoms with van der Waals surface area (Å²) in [5.41, 5.74) is -0.466. The van der Waals surface area contributed by atoms with Crippen LogP contribution in [0.5, 0.6) is 0 Å². The molecule has 1 rings (SSSR count). The van der Waals surface area contributed by atoms with Gasteiger partial charge in [0.1, 0.15) is 5.60 Å². The predicted molar refractivity (Wildman–Crippen MR) is 59.6 cm³/mol. The van der Waals surface area contributed by atoms with Crippen molar-refractivity contribution in [2.45, 2.75) is 45.3 Å². The molecule has 1 N–H and O–H groups in total. The Morgan fingerprint density at radius 1 is 1.56 bits per heavy atom. The molecule has 1 saturated heterocycles. The fraction of sp³-hybridized carbons (Fsp3) is 0.818. The second-order valence-corrected chi connectivity index (χ2v) is 5.02. The lowest BCUT2D eigenvalue weighted by Gasteiger charge is -2.33. The lowest BCUT2D eigenvalue weighted by molar-refractivity contribution is 0.0193. The van der Waals surface area contributed by atoms with Gasteiger partial charge in [0.15, 0.2) is 6.19 Å². The van der Waals surface area contributed by atoms with Gasteiger partial charge in [0.25, 0.3) is 0 Å². The van der Waals surface area contributed by atoms with Crippen molar-refractivity contribution in [3.05, 3.63) is 0 Å². The summed E-state index contributed by atoms with van der Waals surface area (Å²) < 4.78 is 5.28. The molecule has 0 bridgehead atoms. The molecule has 90 valence electrons. The van der Waals surface area contributed by atoms with Crippen LogP contribution in [0, 0.1) is 11.5 Å². The molecule has 0 aromatic heterocycles. The molecule has 0 unspecified atom stereocenters. The number of ether oxygens (including phenoxy) is 1. The Bertz CT molecular complexity index is 291. The van der Waals surface area contributed by atoms with Crippen molar-refractivity contribution in [3.63, 3.8) is 0 Å². The molecule has 16 heavy (non-hydrogen) atoms. The van der Waals surface area contributed by atoms with Crippen LogP contribution >= 0.6 is 0 Å². The highest BCUT2D eigenvalue weighted by Gasteiger charge is 2.27. The molecule has 1 aliphatic heterocycles. The third-order valence-electron chi connectivity index (χ3n) is 2.34. The van der Waals surface area contributed by atoms with Crippen LogP contribution in [0.1, 0.15) is 33.6 Å².